The predicted molar refractivity (Wildman–Crippen MR) is 81.4 cm³/mol. The van der Waals surface area contributed by atoms with E-state index in [2.05, 4.69) is 9.97 Å². The summed E-state index contributed by atoms with van der Waals surface area (Å²) >= 11 is 0. The fourth-order valence-corrected chi connectivity index (χ4v) is 3.23. The third-order valence-electron chi connectivity index (χ3n) is 4.59. The maximum atomic E-state index is 12.6. The molecule has 3 aliphatic rings. The fourth-order valence-electron chi connectivity index (χ4n) is 3.23. The lowest BCUT2D eigenvalue weighted by molar-refractivity contribution is -0.145. The van der Waals surface area contributed by atoms with E-state index < -0.39 is 0 Å². The second kappa shape index (κ2) is 6.02. The molecule has 8 nitrogen and oxygen atoms in total. The number of nitrogens with one attached hydrogen (secondary N) is 1. The van der Waals surface area contributed by atoms with Gasteiger partial charge in [-0.1, -0.05) is 0 Å². The average Bonchev–Trinajstić information content (AvgIpc) is 2.92. The van der Waals surface area contributed by atoms with E-state index >= 15 is 0 Å². The number of hydrogen-bond acceptors (Lipinski definition) is 4. The highest BCUT2D eigenvalue weighted by molar-refractivity contribution is 5.92. The van der Waals surface area contributed by atoms with E-state index in [1.165, 1.54) is 11.1 Å². The van der Waals surface area contributed by atoms with Gasteiger partial charge in [0.15, 0.2) is 5.82 Å². The molecular formula is C15H21N5O3. The molecule has 4 heterocycles. The monoisotopic (exact) mass is 319 g/mol. The van der Waals surface area contributed by atoms with Crippen LogP contribution < -0.4 is 0 Å². The minimum absolute atomic E-state index is 0.0220. The van der Waals surface area contributed by atoms with E-state index in [9.17, 15) is 14.4 Å². The number of hydrogen-bond donors (Lipinski definition) is 1. The van der Waals surface area contributed by atoms with Crippen LogP contribution in [0.5, 0.6) is 0 Å². The fraction of sp³-hybridized carbons (Fsp3) is 0.600. The minimum atomic E-state index is -0.234. The summed E-state index contributed by atoms with van der Waals surface area (Å²) in [5.41, 5.74) is 0. The SMILES string of the molecule is CN(C)C(=O)CN1C(=O)[C@H]2CC[C@@H]1CN(C(=O)c1ncc[nH]1)C2. The number of imidazole rings is 1. The van der Waals surface area contributed by atoms with Gasteiger partial charge in [-0.2, -0.15) is 0 Å². The number of carbonyl (C=O) groups is 3. The Hall–Kier alpha value is -2.38. The van der Waals surface area contributed by atoms with E-state index in [0.717, 1.165) is 12.8 Å². The van der Waals surface area contributed by atoms with Crippen molar-refractivity contribution in [3.63, 3.8) is 0 Å². The van der Waals surface area contributed by atoms with Crippen molar-refractivity contribution in [3.8, 4) is 0 Å². The minimum Gasteiger partial charge on any atom is -0.347 e. The summed E-state index contributed by atoms with van der Waals surface area (Å²) in [6, 6.07) is -0.107. The van der Waals surface area contributed by atoms with Crippen molar-refractivity contribution < 1.29 is 14.4 Å². The second-order valence-corrected chi connectivity index (χ2v) is 6.33. The maximum Gasteiger partial charge on any atom is 0.289 e. The normalized spacial score (nSPS) is 23.8. The molecule has 8 heteroatoms. The maximum absolute atomic E-state index is 12.6. The van der Waals surface area contributed by atoms with Crippen molar-refractivity contribution in [1.29, 1.82) is 0 Å². The van der Waals surface area contributed by atoms with Crippen LogP contribution in [0.25, 0.3) is 0 Å². The van der Waals surface area contributed by atoms with Crippen molar-refractivity contribution in [3.05, 3.63) is 18.2 Å². The predicted octanol–water partition coefficient (Wildman–Crippen LogP) is -0.439. The number of nitrogens with zero attached hydrogens (tertiary/aromatic N) is 4. The number of amides is 3. The Balaban J connectivity index is 1.78. The largest absolute Gasteiger partial charge is 0.347 e. The van der Waals surface area contributed by atoms with Gasteiger partial charge in [-0.3, -0.25) is 14.4 Å². The number of carbonyl (C=O) groups excluding carboxylic acids is 3. The molecule has 0 radical (unpaired) electrons. The quantitative estimate of drug-likeness (QED) is 0.818. The molecule has 3 fully saturated rings. The number of aromatic amines is 1. The molecule has 1 aromatic rings. The molecule has 1 aromatic heterocycles. The van der Waals surface area contributed by atoms with Gasteiger partial charge in [0.05, 0.1) is 5.92 Å². The van der Waals surface area contributed by atoms with Gasteiger partial charge in [0, 0.05) is 45.6 Å². The Morgan fingerprint density at radius 2 is 2.13 bits per heavy atom. The van der Waals surface area contributed by atoms with Crippen LogP contribution in [-0.4, -0.2) is 82.2 Å². The van der Waals surface area contributed by atoms with Gasteiger partial charge in [-0.15, -0.1) is 0 Å². The molecule has 2 atom stereocenters. The number of rotatable bonds is 3. The first-order valence-corrected chi connectivity index (χ1v) is 7.76. The molecule has 0 spiro atoms. The lowest BCUT2D eigenvalue weighted by atomic mass is 9.94. The van der Waals surface area contributed by atoms with Crippen LogP contribution in [0.1, 0.15) is 23.5 Å². The average molecular weight is 319 g/mol. The number of likely N-dealkylation sites (N-methyl/N-ethyl adjacent to an activating group) is 1. The molecule has 3 saturated heterocycles. The number of piperidine rings is 1. The van der Waals surface area contributed by atoms with E-state index in [4.69, 9.17) is 0 Å². The summed E-state index contributed by atoms with van der Waals surface area (Å²) in [6.45, 7) is 0.916. The molecule has 124 valence electrons. The van der Waals surface area contributed by atoms with Gasteiger partial charge < -0.3 is 19.7 Å². The first-order valence-electron chi connectivity index (χ1n) is 7.76. The Morgan fingerprint density at radius 1 is 1.35 bits per heavy atom. The van der Waals surface area contributed by atoms with Gasteiger partial charge in [0.1, 0.15) is 6.54 Å². The van der Waals surface area contributed by atoms with Crippen LogP contribution in [0.3, 0.4) is 0 Å². The zero-order valence-corrected chi connectivity index (χ0v) is 13.4. The number of aromatic nitrogens is 2. The van der Waals surface area contributed by atoms with Crippen molar-refractivity contribution in [2.75, 3.05) is 33.7 Å². The van der Waals surface area contributed by atoms with Gasteiger partial charge in [-0.25, -0.2) is 4.98 Å². The summed E-state index contributed by atoms with van der Waals surface area (Å²) in [7, 11) is 3.35. The van der Waals surface area contributed by atoms with Crippen molar-refractivity contribution in [1.82, 2.24) is 24.7 Å². The summed E-state index contributed by atoms with van der Waals surface area (Å²) in [5, 5.41) is 0. The van der Waals surface area contributed by atoms with Crippen molar-refractivity contribution >= 4 is 17.7 Å². The Kier molecular flexibility index (Phi) is 4.06. The molecule has 4 rings (SSSR count). The zero-order valence-electron chi connectivity index (χ0n) is 13.4. The Bertz CT molecular complexity index is 613. The summed E-state index contributed by atoms with van der Waals surface area (Å²) in [6.07, 6.45) is 4.72. The molecule has 0 aliphatic carbocycles. The van der Waals surface area contributed by atoms with Crippen LogP contribution in [0.4, 0.5) is 0 Å². The molecule has 1 N–H and O–H groups in total. The van der Waals surface area contributed by atoms with E-state index in [1.807, 2.05) is 0 Å². The van der Waals surface area contributed by atoms with Crippen molar-refractivity contribution in [2.45, 2.75) is 18.9 Å². The zero-order chi connectivity index (χ0) is 16.6. The molecule has 3 amide bonds. The van der Waals surface area contributed by atoms with Gasteiger partial charge in [0.2, 0.25) is 11.8 Å². The molecule has 23 heavy (non-hydrogen) atoms. The third-order valence-corrected chi connectivity index (χ3v) is 4.59. The summed E-state index contributed by atoms with van der Waals surface area (Å²) in [4.78, 5) is 48.7. The smallest absolute Gasteiger partial charge is 0.289 e. The number of H-pyrrole nitrogens is 1. The van der Waals surface area contributed by atoms with Crippen LogP contribution in [-0.2, 0) is 9.59 Å². The second-order valence-electron chi connectivity index (χ2n) is 6.33. The highest BCUT2D eigenvalue weighted by Crippen LogP contribution is 2.29. The topological polar surface area (TPSA) is 89.6 Å². The molecule has 2 bridgehead atoms. The Morgan fingerprint density at radius 3 is 2.78 bits per heavy atom. The van der Waals surface area contributed by atoms with Crippen LogP contribution in [0.2, 0.25) is 0 Å². The standard InChI is InChI=1S/C15H21N5O3/c1-18(2)12(21)9-20-11-4-3-10(14(20)22)7-19(8-11)15(23)13-16-5-6-17-13/h5-6,10-11H,3-4,7-9H2,1-2H3,(H,16,17)/t10-,11+/m0/s1. The summed E-state index contributed by atoms with van der Waals surface area (Å²) < 4.78 is 0. The van der Waals surface area contributed by atoms with Crippen molar-refractivity contribution in [2.24, 2.45) is 5.92 Å². The number of fused-ring (bicyclic) bond motifs is 4. The first-order chi connectivity index (χ1) is 11.0. The molecule has 0 saturated carbocycles. The van der Waals surface area contributed by atoms with Crippen LogP contribution in [0.15, 0.2) is 12.4 Å². The first kappa shape index (κ1) is 15.5. The molecular weight excluding hydrogens is 298 g/mol. The van der Waals surface area contributed by atoms with Gasteiger partial charge in [0.25, 0.3) is 5.91 Å². The highest BCUT2D eigenvalue weighted by atomic mass is 16.2. The molecule has 3 aliphatic heterocycles. The highest BCUT2D eigenvalue weighted by Gasteiger charge is 2.43. The van der Waals surface area contributed by atoms with E-state index in [0.29, 0.717) is 13.1 Å². The Labute approximate surface area is 134 Å². The van der Waals surface area contributed by atoms with E-state index in [-0.39, 0.29) is 42.1 Å². The van der Waals surface area contributed by atoms with E-state index in [1.54, 1.807) is 30.1 Å². The summed E-state index contributed by atoms with van der Waals surface area (Å²) in [5.74, 6) is -0.265. The van der Waals surface area contributed by atoms with Gasteiger partial charge >= 0.3 is 0 Å². The third kappa shape index (κ3) is 2.93. The van der Waals surface area contributed by atoms with Crippen LogP contribution >= 0.6 is 0 Å². The molecule has 0 unspecified atom stereocenters. The van der Waals surface area contributed by atoms with Crippen LogP contribution in [0, 0.1) is 5.92 Å². The lowest BCUT2D eigenvalue weighted by Crippen LogP contribution is -2.51. The lowest BCUT2D eigenvalue weighted by Gasteiger charge is -2.35. The molecule has 0 aromatic carbocycles. The van der Waals surface area contributed by atoms with Gasteiger partial charge in [-0.05, 0) is 12.8 Å².